The Labute approximate surface area is 165 Å². The van der Waals surface area contributed by atoms with Crippen LogP contribution in [0.4, 0.5) is 4.79 Å². The fourth-order valence-corrected chi connectivity index (χ4v) is 2.92. The van der Waals surface area contributed by atoms with Crippen molar-refractivity contribution in [2.75, 3.05) is 0 Å². The van der Waals surface area contributed by atoms with Crippen molar-refractivity contribution in [1.82, 2.24) is 15.2 Å². The van der Waals surface area contributed by atoms with Crippen molar-refractivity contribution >= 4 is 17.9 Å². The Kier molecular flexibility index (Phi) is 6.62. The highest BCUT2D eigenvalue weighted by Crippen LogP contribution is 2.22. The van der Waals surface area contributed by atoms with Gasteiger partial charge in [-0.15, -0.1) is 0 Å². The van der Waals surface area contributed by atoms with Crippen LogP contribution in [0.1, 0.15) is 48.1 Å². The van der Waals surface area contributed by atoms with Gasteiger partial charge in [0.25, 0.3) is 5.91 Å². The third-order valence-electron chi connectivity index (χ3n) is 4.22. The van der Waals surface area contributed by atoms with Gasteiger partial charge in [0.1, 0.15) is 0 Å². The number of aryl methyl sites for hydroxylation is 2. The van der Waals surface area contributed by atoms with E-state index in [1.807, 2.05) is 49.6 Å². The van der Waals surface area contributed by atoms with E-state index in [2.05, 4.69) is 10.6 Å². The number of carbonyl (C=O) groups excluding carboxylic acids is 3. The molecule has 2 N–H and O–H groups in total. The first kappa shape index (κ1) is 21.2. The predicted octanol–water partition coefficient (Wildman–Crippen LogP) is 3.18. The summed E-state index contributed by atoms with van der Waals surface area (Å²) in [6.07, 6.45) is -1.10. The van der Waals surface area contributed by atoms with Crippen LogP contribution in [0.3, 0.4) is 0 Å². The normalized spacial score (nSPS) is 11.8. The third kappa shape index (κ3) is 5.00. The number of aromatic nitrogens is 1. The minimum atomic E-state index is -1.10. The molecule has 0 radical (unpaired) electrons. The number of imide groups is 1. The summed E-state index contributed by atoms with van der Waals surface area (Å²) in [5.41, 5.74) is 4.04. The molecule has 28 heavy (non-hydrogen) atoms. The van der Waals surface area contributed by atoms with Gasteiger partial charge in [0, 0.05) is 23.1 Å². The van der Waals surface area contributed by atoms with E-state index < -0.39 is 24.0 Å². The lowest BCUT2D eigenvalue weighted by Crippen LogP contribution is -2.46. The second-order valence-corrected chi connectivity index (χ2v) is 7.12. The predicted molar refractivity (Wildman–Crippen MR) is 107 cm³/mol. The number of benzene rings is 1. The van der Waals surface area contributed by atoms with Crippen molar-refractivity contribution in [3.63, 3.8) is 0 Å². The SMILES string of the molecule is Cc1cccc(-n2c(C)cc(C(=O)OC(C)C(=O)NC(=O)NC(C)C)c2C)c1. The number of ether oxygens (including phenoxy) is 1. The summed E-state index contributed by atoms with van der Waals surface area (Å²) in [5, 5.41) is 4.70. The molecular weight excluding hydrogens is 358 g/mol. The highest BCUT2D eigenvalue weighted by Gasteiger charge is 2.24. The first-order valence-electron chi connectivity index (χ1n) is 9.18. The van der Waals surface area contributed by atoms with Crippen LogP contribution in [0.5, 0.6) is 0 Å². The number of hydrogen-bond acceptors (Lipinski definition) is 4. The highest BCUT2D eigenvalue weighted by atomic mass is 16.5. The van der Waals surface area contributed by atoms with Crippen molar-refractivity contribution in [2.24, 2.45) is 0 Å². The number of nitrogens with one attached hydrogen (secondary N) is 2. The molecular formula is C21H27N3O4. The molecule has 2 aromatic rings. The van der Waals surface area contributed by atoms with Crippen LogP contribution >= 0.6 is 0 Å². The Morgan fingerprint density at radius 2 is 1.71 bits per heavy atom. The Morgan fingerprint density at radius 1 is 1.04 bits per heavy atom. The van der Waals surface area contributed by atoms with Crippen molar-refractivity contribution in [3.05, 3.63) is 52.8 Å². The molecule has 1 unspecified atom stereocenters. The maximum absolute atomic E-state index is 12.6. The summed E-state index contributed by atoms with van der Waals surface area (Å²) in [5.74, 6) is -1.29. The van der Waals surface area contributed by atoms with Gasteiger partial charge in [-0.2, -0.15) is 0 Å². The van der Waals surface area contributed by atoms with E-state index in [0.717, 1.165) is 22.6 Å². The molecule has 7 heteroatoms. The molecule has 0 fully saturated rings. The van der Waals surface area contributed by atoms with Gasteiger partial charge in [-0.1, -0.05) is 12.1 Å². The largest absolute Gasteiger partial charge is 0.449 e. The van der Waals surface area contributed by atoms with Gasteiger partial charge < -0.3 is 14.6 Å². The second-order valence-electron chi connectivity index (χ2n) is 7.12. The van der Waals surface area contributed by atoms with Crippen molar-refractivity contribution < 1.29 is 19.1 Å². The molecule has 3 amide bonds. The third-order valence-corrected chi connectivity index (χ3v) is 4.22. The Morgan fingerprint density at radius 3 is 2.32 bits per heavy atom. The molecule has 0 aliphatic heterocycles. The summed E-state index contributed by atoms with van der Waals surface area (Å²) in [4.78, 5) is 36.3. The topological polar surface area (TPSA) is 89.4 Å². The van der Waals surface area contributed by atoms with Crippen LogP contribution in [0.25, 0.3) is 5.69 Å². The van der Waals surface area contributed by atoms with E-state index in [0.29, 0.717) is 5.56 Å². The van der Waals surface area contributed by atoms with E-state index >= 15 is 0 Å². The number of urea groups is 1. The molecule has 150 valence electrons. The molecule has 1 aromatic heterocycles. The molecule has 0 aliphatic rings. The Bertz CT molecular complexity index is 899. The lowest BCUT2D eigenvalue weighted by Gasteiger charge is -2.14. The van der Waals surface area contributed by atoms with Crippen LogP contribution < -0.4 is 10.6 Å². The Hall–Kier alpha value is -3.09. The van der Waals surface area contributed by atoms with E-state index in [4.69, 9.17) is 4.74 Å². The van der Waals surface area contributed by atoms with E-state index in [-0.39, 0.29) is 6.04 Å². The van der Waals surface area contributed by atoms with Crippen molar-refractivity contribution in [3.8, 4) is 5.69 Å². The summed E-state index contributed by atoms with van der Waals surface area (Å²) < 4.78 is 7.23. The van der Waals surface area contributed by atoms with Gasteiger partial charge in [0.05, 0.1) is 5.56 Å². The van der Waals surface area contributed by atoms with Gasteiger partial charge in [0.2, 0.25) is 0 Å². The monoisotopic (exact) mass is 385 g/mol. The number of nitrogens with zero attached hydrogens (tertiary/aromatic N) is 1. The van der Waals surface area contributed by atoms with Gasteiger partial charge in [0.15, 0.2) is 6.10 Å². The molecule has 0 aliphatic carbocycles. The second kappa shape index (κ2) is 8.73. The summed E-state index contributed by atoms with van der Waals surface area (Å²) in [6.45, 7) is 10.7. The van der Waals surface area contributed by atoms with E-state index in [9.17, 15) is 14.4 Å². The zero-order chi connectivity index (χ0) is 21.0. The Balaban J connectivity index is 2.14. The average molecular weight is 385 g/mol. The van der Waals surface area contributed by atoms with Crippen molar-refractivity contribution in [2.45, 2.75) is 53.7 Å². The zero-order valence-corrected chi connectivity index (χ0v) is 17.1. The van der Waals surface area contributed by atoms with E-state index in [1.54, 1.807) is 19.9 Å². The molecule has 0 bridgehead atoms. The van der Waals surface area contributed by atoms with Crippen LogP contribution in [-0.2, 0) is 9.53 Å². The summed E-state index contributed by atoms with van der Waals surface area (Å²) in [6, 6.07) is 8.94. The van der Waals surface area contributed by atoms with Crippen LogP contribution in [0.2, 0.25) is 0 Å². The van der Waals surface area contributed by atoms with Crippen LogP contribution in [-0.4, -0.2) is 34.6 Å². The molecule has 1 atom stereocenters. The number of hydrogen-bond donors (Lipinski definition) is 2. The quantitative estimate of drug-likeness (QED) is 0.774. The molecule has 7 nitrogen and oxygen atoms in total. The smallest absolute Gasteiger partial charge is 0.340 e. The van der Waals surface area contributed by atoms with Gasteiger partial charge in [-0.05, 0) is 65.3 Å². The maximum Gasteiger partial charge on any atom is 0.340 e. The molecule has 0 spiro atoms. The van der Waals surface area contributed by atoms with Gasteiger partial charge >= 0.3 is 12.0 Å². The first-order valence-corrected chi connectivity index (χ1v) is 9.18. The molecule has 0 saturated heterocycles. The van der Waals surface area contributed by atoms with Crippen LogP contribution in [0, 0.1) is 20.8 Å². The maximum atomic E-state index is 12.6. The van der Waals surface area contributed by atoms with E-state index in [1.165, 1.54) is 6.92 Å². The lowest BCUT2D eigenvalue weighted by atomic mass is 10.2. The number of rotatable bonds is 5. The number of carbonyl (C=O) groups is 3. The standard InChI is InChI=1S/C21H27N3O4/c1-12(2)22-21(27)23-19(25)16(6)28-20(26)18-11-14(4)24(15(18)5)17-9-7-8-13(3)10-17/h7-12,16H,1-6H3,(H2,22,23,25,27). The lowest BCUT2D eigenvalue weighted by molar-refractivity contribution is -0.127. The highest BCUT2D eigenvalue weighted by molar-refractivity contribution is 5.99. The fraction of sp³-hybridized carbons (Fsp3) is 0.381. The summed E-state index contributed by atoms with van der Waals surface area (Å²) >= 11 is 0. The molecule has 1 heterocycles. The fourth-order valence-electron chi connectivity index (χ4n) is 2.92. The van der Waals surface area contributed by atoms with Gasteiger partial charge in [-0.25, -0.2) is 9.59 Å². The molecule has 2 rings (SSSR count). The minimum Gasteiger partial charge on any atom is -0.449 e. The van der Waals surface area contributed by atoms with Crippen molar-refractivity contribution in [1.29, 1.82) is 0 Å². The molecule has 0 saturated carbocycles. The van der Waals surface area contributed by atoms with Crippen LogP contribution in [0.15, 0.2) is 30.3 Å². The van der Waals surface area contributed by atoms with Gasteiger partial charge in [-0.3, -0.25) is 10.1 Å². The molecule has 1 aromatic carbocycles. The number of esters is 1. The minimum absolute atomic E-state index is 0.113. The average Bonchev–Trinajstić information content (AvgIpc) is 2.88. The first-order chi connectivity index (χ1) is 13.1. The summed E-state index contributed by atoms with van der Waals surface area (Å²) in [7, 11) is 0. The number of amides is 3. The zero-order valence-electron chi connectivity index (χ0n) is 17.1.